The van der Waals surface area contributed by atoms with Crippen LogP contribution in [0.4, 0.5) is 17.1 Å². The molecule has 1 heteroatoms. The van der Waals surface area contributed by atoms with E-state index in [0.717, 1.165) is 17.1 Å². The van der Waals surface area contributed by atoms with E-state index in [1.54, 1.807) is 0 Å². The van der Waals surface area contributed by atoms with Crippen molar-refractivity contribution in [1.82, 2.24) is 0 Å². The van der Waals surface area contributed by atoms with Crippen LogP contribution in [0, 0.1) is 6.92 Å². The Labute approximate surface area is 452 Å². The van der Waals surface area contributed by atoms with Gasteiger partial charge in [0, 0.05) is 17.1 Å². The lowest BCUT2D eigenvalue weighted by Gasteiger charge is -2.36. The Kier molecular flexibility index (Phi) is 12.4. The number of anilines is 3. The quantitative estimate of drug-likeness (QED) is 0.118. The lowest BCUT2D eigenvalue weighted by molar-refractivity contribution is 0.761. The number of hydrogen-bond donors (Lipinski definition) is 0. The summed E-state index contributed by atoms with van der Waals surface area (Å²) in [6.45, 7) is 20.6. The van der Waals surface area contributed by atoms with Crippen LogP contribution in [-0.2, 0) is 10.8 Å². The summed E-state index contributed by atoms with van der Waals surface area (Å²) in [4.78, 5) is 2.54. The second-order valence-corrected chi connectivity index (χ2v) is 22.9. The minimum atomic E-state index is -0.579. The zero-order chi connectivity index (χ0) is 52.5. The second kappa shape index (κ2) is 19.3. The van der Waals surface area contributed by atoms with Crippen LogP contribution in [0.5, 0.6) is 0 Å². The van der Waals surface area contributed by atoms with Gasteiger partial charge in [-0.25, -0.2) is 0 Å². The van der Waals surface area contributed by atoms with Crippen molar-refractivity contribution in [1.29, 1.82) is 0 Å². The molecule has 10 aromatic rings. The topological polar surface area (TPSA) is 3.24 Å². The molecule has 0 aliphatic heterocycles. The van der Waals surface area contributed by atoms with Crippen LogP contribution in [0.1, 0.15) is 151 Å². The van der Waals surface area contributed by atoms with E-state index in [-0.39, 0.29) is 0 Å². The molecule has 76 heavy (non-hydrogen) atoms. The summed E-state index contributed by atoms with van der Waals surface area (Å²) in [7, 11) is 0. The highest BCUT2D eigenvalue weighted by Crippen LogP contribution is 2.60. The number of hydrogen-bond acceptors (Lipinski definition) is 1. The Morgan fingerprint density at radius 3 is 0.921 bits per heavy atom. The summed E-state index contributed by atoms with van der Waals surface area (Å²) < 4.78 is 0. The van der Waals surface area contributed by atoms with E-state index in [9.17, 15) is 0 Å². The highest BCUT2D eigenvalue weighted by molar-refractivity contribution is 5.92. The van der Waals surface area contributed by atoms with Crippen LogP contribution in [0.15, 0.2) is 231 Å². The zero-order valence-electron chi connectivity index (χ0n) is 45.7. The first-order valence-corrected chi connectivity index (χ1v) is 27.8. The van der Waals surface area contributed by atoms with Crippen LogP contribution in [-0.4, -0.2) is 0 Å². The maximum absolute atomic E-state index is 2.54. The molecule has 0 atom stereocenters. The number of fused-ring (bicyclic) bond motifs is 6. The Morgan fingerprint density at radius 2 is 0.579 bits per heavy atom. The van der Waals surface area contributed by atoms with E-state index < -0.39 is 10.8 Å². The van der Waals surface area contributed by atoms with Gasteiger partial charge in [0.05, 0.1) is 10.8 Å². The summed E-state index contributed by atoms with van der Waals surface area (Å²) in [6.07, 6.45) is 0. The van der Waals surface area contributed by atoms with Gasteiger partial charge in [-0.2, -0.15) is 0 Å². The molecule has 0 bridgehead atoms. The first-order chi connectivity index (χ1) is 36.9. The zero-order valence-corrected chi connectivity index (χ0v) is 45.7. The maximum atomic E-state index is 2.54. The van der Waals surface area contributed by atoms with Gasteiger partial charge in [-0.15, -0.1) is 0 Å². The highest BCUT2D eigenvalue weighted by Gasteiger charge is 2.48. The standard InChI is InChI=1S/C75H69N/c1-48(2)53-23-31-58(32-24-53)74(59-33-25-54(26-34-59)49(3)4)70-21-15-13-19-66(70)68-43-40-63(46-72(68)74)76(62-39-42-65(52(9)45-62)57-17-11-10-12-18-57)64-41-44-69-67-20-14-16-22-71(67)75(73(69)47-64,60-35-27-55(28-36-60)50(5)6)61-37-29-56(30-38-61)51(7)8/h10-51H,1-9H3. The Morgan fingerprint density at radius 1 is 0.276 bits per heavy atom. The average molecular weight is 984 g/mol. The monoisotopic (exact) mass is 984 g/mol. The van der Waals surface area contributed by atoms with Crippen molar-refractivity contribution in [2.45, 2.75) is 96.8 Å². The molecular formula is C75H69N. The lowest BCUT2D eigenvalue weighted by Crippen LogP contribution is -2.29. The first kappa shape index (κ1) is 48.9. The molecule has 2 aliphatic rings. The van der Waals surface area contributed by atoms with Crippen molar-refractivity contribution < 1.29 is 0 Å². The molecule has 0 radical (unpaired) electrons. The van der Waals surface area contributed by atoms with E-state index in [4.69, 9.17) is 0 Å². The summed E-state index contributed by atoms with van der Waals surface area (Å²) in [5, 5.41) is 0. The molecule has 0 aromatic heterocycles. The van der Waals surface area contributed by atoms with E-state index in [0.29, 0.717) is 23.7 Å². The van der Waals surface area contributed by atoms with Crippen molar-refractivity contribution in [3.8, 4) is 33.4 Å². The fourth-order valence-corrected chi connectivity index (χ4v) is 13.0. The molecule has 2 aliphatic carbocycles. The molecule has 0 unspecified atom stereocenters. The summed E-state index contributed by atoms with van der Waals surface area (Å²) in [5.74, 6) is 1.70. The molecule has 0 N–H and O–H groups in total. The number of benzene rings is 10. The molecule has 0 amide bonds. The fraction of sp³-hybridized carbons (Fsp3) is 0.200. The van der Waals surface area contributed by atoms with Gasteiger partial charge in [-0.1, -0.05) is 250 Å². The normalized spacial score (nSPS) is 13.8. The van der Waals surface area contributed by atoms with Gasteiger partial charge >= 0.3 is 0 Å². The molecule has 12 rings (SSSR count). The van der Waals surface area contributed by atoms with Crippen LogP contribution in [0.2, 0.25) is 0 Å². The van der Waals surface area contributed by atoms with Crippen molar-refractivity contribution in [2.24, 2.45) is 0 Å². The number of nitrogens with zero attached hydrogens (tertiary/aromatic N) is 1. The first-order valence-electron chi connectivity index (χ1n) is 27.8. The Bertz CT molecular complexity index is 3430. The minimum absolute atomic E-state index is 0.424. The van der Waals surface area contributed by atoms with Gasteiger partial charge < -0.3 is 4.90 Å². The van der Waals surface area contributed by atoms with E-state index >= 15 is 0 Å². The average Bonchev–Trinajstić information content (AvgIpc) is 4.04. The second-order valence-electron chi connectivity index (χ2n) is 22.9. The van der Waals surface area contributed by atoms with Crippen molar-refractivity contribution in [2.75, 3.05) is 4.90 Å². The minimum Gasteiger partial charge on any atom is -0.310 e. The maximum Gasteiger partial charge on any atom is 0.0714 e. The third kappa shape index (κ3) is 7.81. The van der Waals surface area contributed by atoms with Gasteiger partial charge in [0.25, 0.3) is 0 Å². The third-order valence-corrected chi connectivity index (χ3v) is 17.2. The van der Waals surface area contributed by atoms with Crippen LogP contribution in [0.3, 0.4) is 0 Å². The predicted molar refractivity (Wildman–Crippen MR) is 322 cm³/mol. The molecule has 1 nitrogen and oxygen atoms in total. The van der Waals surface area contributed by atoms with E-state index in [1.807, 2.05) is 0 Å². The molecule has 0 saturated heterocycles. The Balaban J connectivity index is 1.14. The largest absolute Gasteiger partial charge is 0.310 e. The molecular weight excluding hydrogens is 915 g/mol. The van der Waals surface area contributed by atoms with Crippen molar-refractivity contribution in [3.05, 3.63) is 303 Å². The molecule has 0 fully saturated rings. The number of aryl methyl sites for hydroxylation is 1. The smallest absolute Gasteiger partial charge is 0.0714 e. The SMILES string of the molecule is Cc1cc(N(c2ccc3c(c2)C(c2ccc(C(C)C)cc2)(c2ccc(C(C)C)cc2)c2ccccc2-3)c2ccc3c(c2)C(c2ccc(C(C)C)cc2)(c2ccc(C(C)C)cc2)c2ccccc2-3)ccc1-c1ccccc1. The lowest BCUT2D eigenvalue weighted by atomic mass is 9.67. The highest BCUT2D eigenvalue weighted by atomic mass is 15.1. The summed E-state index contributed by atoms with van der Waals surface area (Å²) >= 11 is 0. The summed E-state index contributed by atoms with van der Waals surface area (Å²) in [6, 6.07) is 89.0. The molecule has 0 heterocycles. The van der Waals surface area contributed by atoms with Gasteiger partial charge in [-0.3, -0.25) is 0 Å². The summed E-state index contributed by atoms with van der Waals surface area (Å²) in [5.41, 5.74) is 26.7. The van der Waals surface area contributed by atoms with Crippen LogP contribution >= 0.6 is 0 Å². The fourth-order valence-electron chi connectivity index (χ4n) is 13.0. The van der Waals surface area contributed by atoms with Gasteiger partial charge in [0.2, 0.25) is 0 Å². The van der Waals surface area contributed by atoms with Crippen LogP contribution < -0.4 is 4.90 Å². The van der Waals surface area contributed by atoms with Gasteiger partial charge in [0.15, 0.2) is 0 Å². The third-order valence-electron chi connectivity index (χ3n) is 17.2. The number of rotatable bonds is 12. The molecule has 10 aromatic carbocycles. The van der Waals surface area contributed by atoms with Crippen molar-refractivity contribution >= 4 is 17.1 Å². The molecule has 374 valence electrons. The van der Waals surface area contributed by atoms with Crippen LogP contribution in [0.25, 0.3) is 33.4 Å². The Hall–Kier alpha value is -8.00. The van der Waals surface area contributed by atoms with E-state index in [2.05, 4.69) is 298 Å². The van der Waals surface area contributed by atoms with Crippen molar-refractivity contribution in [3.63, 3.8) is 0 Å². The van der Waals surface area contributed by atoms with Gasteiger partial charge in [-0.05, 0) is 173 Å². The van der Waals surface area contributed by atoms with E-state index in [1.165, 1.54) is 106 Å². The molecule has 0 saturated carbocycles. The van der Waals surface area contributed by atoms with Gasteiger partial charge in [0.1, 0.15) is 0 Å². The molecule has 0 spiro atoms. The predicted octanol–water partition coefficient (Wildman–Crippen LogP) is 20.4.